The van der Waals surface area contributed by atoms with Gasteiger partial charge in [0.15, 0.2) is 0 Å². The lowest BCUT2D eigenvalue weighted by Crippen LogP contribution is -2.46. The van der Waals surface area contributed by atoms with Crippen LogP contribution >= 0.6 is 0 Å². The average Bonchev–Trinajstić information content (AvgIpc) is 2.58. The molecule has 1 aliphatic rings. The molecule has 0 radical (unpaired) electrons. The zero-order valence-corrected chi connectivity index (χ0v) is 12.9. The van der Waals surface area contributed by atoms with E-state index in [0.29, 0.717) is 19.0 Å². The molecule has 2 aromatic rings. The van der Waals surface area contributed by atoms with Crippen LogP contribution in [-0.4, -0.2) is 44.5 Å². The van der Waals surface area contributed by atoms with Gasteiger partial charge in [0, 0.05) is 32.2 Å². The number of carbonyl (C=O) groups is 1. The molecule has 2 aromatic heterocycles. The molecule has 23 heavy (non-hydrogen) atoms. The van der Waals surface area contributed by atoms with Gasteiger partial charge in [-0.05, 0) is 25.0 Å². The first-order chi connectivity index (χ1) is 11.1. The lowest BCUT2D eigenvalue weighted by Gasteiger charge is -2.32. The molecule has 1 aliphatic heterocycles. The summed E-state index contributed by atoms with van der Waals surface area (Å²) in [6.45, 7) is 1.06. The number of pyridine rings is 1. The molecule has 0 aliphatic carbocycles. The molecule has 3 rings (SSSR count). The summed E-state index contributed by atoms with van der Waals surface area (Å²) in [5.41, 5.74) is -0.0929. The predicted molar refractivity (Wildman–Crippen MR) is 83.3 cm³/mol. The number of piperidine rings is 1. The zero-order chi connectivity index (χ0) is 16.2. The van der Waals surface area contributed by atoms with Gasteiger partial charge in [0.25, 0.3) is 11.5 Å². The molecular formula is C16H18N4O3. The second-order valence-corrected chi connectivity index (χ2v) is 5.51. The van der Waals surface area contributed by atoms with Crippen LogP contribution in [0.3, 0.4) is 0 Å². The van der Waals surface area contributed by atoms with Crippen LogP contribution in [0.2, 0.25) is 0 Å². The van der Waals surface area contributed by atoms with E-state index in [-0.39, 0.29) is 23.1 Å². The van der Waals surface area contributed by atoms with Crippen molar-refractivity contribution in [3.8, 4) is 5.88 Å². The number of ether oxygens (including phenoxy) is 1. The minimum Gasteiger partial charge on any atom is -0.471 e. The van der Waals surface area contributed by atoms with Crippen LogP contribution in [0.15, 0.2) is 41.7 Å². The zero-order valence-electron chi connectivity index (χ0n) is 12.9. The summed E-state index contributed by atoms with van der Waals surface area (Å²) in [7, 11) is 1.63. The summed E-state index contributed by atoms with van der Waals surface area (Å²) in [5, 5.41) is 0. The molecule has 7 nitrogen and oxygen atoms in total. The fourth-order valence-electron chi connectivity index (χ4n) is 2.67. The van der Waals surface area contributed by atoms with Crippen LogP contribution < -0.4 is 10.3 Å². The number of likely N-dealkylation sites (tertiary alicyclic amines) is 1. The maximum Gasteiger partial charge on any atom is 0.263 e. The third-order valence-electron chi connectivity index (χ3n) is 3.85. The summed E-state index contributed by atoms with van der Waals surface area (Å²) >= 11 is 0. The number of rotatable bonds is 3. The molecule has 0 bridgehead atoms. The normalized spacial score (nSPS) is 17.8. The van der Waals surface area contributed by atoms with Crippen LogP contribution in [0, 0.1) is 0 Å². The summed E-state index contributed by atoms with van der Waals surface area (Å²) in [5.74, 6) is 0.195. The minimum absolute atomic E-state index is 0.142. The van der Waals surface area contributed by atoms with Crippen molar-refractivity contribution < 1.29 is 9.53 Å². The maximum atomic E-state index is 12.6. The molecule has 0 aromatic carbocycles. The first-order valence-corrected chi connectivity index (χ1v) is 7.53. The third kappa shape index (κ3) is 3.39. The number of aryl methyl sites for hydroxylation is 1. The topological polar surface area (TPSA) is 77.3 Å². The monoisotopic (exact) mass is 314 g/mol. The largest absolute Gasteiger partial charge is 0.471 e. The highest BCUT2D eigenvalue weighted by atomic mass is 16.5. The lowest BCUT2D eigenvalue weighted by molar-refractivity contribution is 0.0525. The van der Waals surface area contributed by atoms with E-state index in [9.17, 15) is 9.59 Å². The molecule has 0 saturated carbocycles. The number of amides is 1. The third-order valence-corrected chi connectivity index (χ3v) is 3.85. The molecule has 0 spiro atoms. The van der Waals surface area contributed by atoms with Crippen molar-refractivity contribution in [3.63, 3.8) is 0 Å². The molecule has 1 amide bonds. The molecular weight excluding hydrogens is 296 g/mol. The highest BCUT2D eigenvalue weighted by Crippen LogP contribution is 2.17. The van der Waals surface area contributed by atoms with E-state index in [1.54, 1.807) is 48.9 Å². The Morgan fingerprint density at radius 3 is 3.04 bits per heavy atom. The van der Waals surface area contributed by atoms with Gasteiger partial charge in [0.2, 0.25) is 5.88 Å². The summed E-state index contributed by atoms with van der Waals surface area (Å²) in [6.07, 6.45) is 7.85. The summed E-state index contributed by atoms with van der Waals surface area (Å²) < 4.78 is 7.18. The van der Waals surface area contributed by atoms with Gasteiger partial charge in [0.1, 0.15) is 11.7 Å². The van der Waals surface area contributed by atoms with Gasteiger partial charge in [0.05, 0.1) is 12.7 Å². The number of nitrogens with zero attached hydrogens (tertiary/aromatic N) is 4. The second-order valence-electron chi connectivity index (χ2n) is 5.51. The summed E-state index contributed by atoms with van der Waals surface area (Å²) in [6, 6.07) is 3.27. The average molecular weight is 314 g/mol. The van der Waals surface area contributed by atoms with E-state index in [1.807, 2.05) is 0 Å². The number of hydrogen-bond donors (Lipinski definition) is 0. The van der Waals surface area contributed by atoms with Crippen molar-refractivity contribution in [1.29, 1.82) is 0 Å². The quantitative estimate of drug-likeness (QED) is 0.840. The van der Waals surface area contributed by atoms with Crippen molar-refractivity contribution >= 4 is 5.91 Å². The molecule has 1 fully saturated rings. The van der Waals surface area contributed by atoms with Crippen LogP contribution in [-0.2, 0) is 7.05 Å². The van der Waals surface area contributed by atoms with E-state index in [1.165, 1.54) is 4.57 Å². The first-order valence-electron chi connectivity index (χ1n) is 7.53. The van der Waals surface area contributed by atoms with Crippen molar-refractivity contribution in [1.82, 2.24) is 19.4 Å². The first kappa shape index (κ1) is 15.2. The van der Waals surface area contributed by atoms with Crippen LogP contribution in [0.5, 0.6) is 5.88 Å². The van der Waals surface area contributed by atoms with E-state index < -0.39 is 0 Å². The fourth-order valence-corrected chi connectivity index (χ4v) is 2.67. The molecule has 1 saturated heterocycles. The van der Waals surface area contributed by atoms with Crippen molar-refractivity contribution in [2.24, 2.45) is 7.05 Å². The maximum absolute atomic E-state index is 12.6. The van der Waals surface area contributed by atoms with Gasteiger partial charge in [-0.1, -0.05) is 0 Å². The SMILES string of the molecule is Cn1cccc(C(=O)N2CCCC(Oc3cnccn3)C2)c1=O. The molecule has 7 heteroatoms. The highest BCUT2D eigenvalue weighted by molar-refractivity contribution is 5.93. The summed E-state index contributed by atoms with van der Waals surface area (Å²) in [4.78, 5) is 34.4. The number of carbonyl (C=O) groups excluding carboxylic acids is 1. The molecule has 1 atom stereocenters. The van der Waals surface area contributed by atoms with Crippen LogP contribution in [0.1, 0.15) is 23.2 Å². The molecule has 120 valence electrons. The Labute approximate surface area is 133 Å². The Morgan fingerprint density at radius 1 is 1.39 bits per heavy atom. The van der Waals surface area contributed by atoms with E-state index >= 15 is 0 Å². The van der Waals surface area contributed by atoms with E-state index in [2.05, 4.69) is 9.97 Å². The number of hydrogen-bond acceptors (Lipinski definition) is 5. The highest BCUT2D eigenvalue weighted by Gasteiger charge is 2.27. The predicted octanol–water partition coefficient (Wildman–Crippen LogP) is 0.859. The van der Waals surface area contributed by atoms with E-state index in [4.69, 9.17) is 4.74 Å². The standard InChI is InChI=1S/C16H18N4O3/c1-19-8-3-5-13(15(19)21)16(22)20-9-2-4-12(11-20)23-14-10-17-6-7-18-14/h3,5-8,10,12H,2,4,9,11H2,1H3. The Hall–Kier alpha value is -2.70. The van der Waals surface area contributed by atoms with Crippen molar-refractivity contribution in [3.05, 3.63) is 52.8 Å². The molecule has 3 heterocycles. The van der Waals surface area contributed by atoms with Gasteiger partial charge in [-0.2, -0.15) is 0 Å². The fraction of sp³-hybridized carbons (Fsp3) is 0.375. The minimum atomic E-state index is -0.283. The molecule has 1 unspecified atom stereocenters. The van der Waals surface area contributed by atoms with Gasteiger partial charge >= 0.3 is 0 Å². The second kappa shape index (κ2) is 6.60. The number of aromatic nitrogens is 3. The molecule has 0 N–H and O–H groups in total. The Bertz CT molecular complexity index is 744. The Balaban J connectivity index is 1.72. The van der Waals surface area contributed by atoms with Gasteiger partial charge in [-0.3, -0.25) is 14.6 Å². The van der Waals surface area contributed by atoms with Crippen LogP contribution in [0.4, 0.5) is 0 Å². The Kier molecular flexibility index (Phi) is 4.36. The van der Waals surface area contributed by atoms with Gasteiger partial charge in [-0.25, -0.2) is 4.98 Å². The smallest absolute Gasteiger partial charge is 0.263 e. The van der Waals surface area contributed by atoms with E-state index in [0.717, 1.165) is 12.8 Å². The Morgan fingerprint density at radius 2 is 2.26 bits per heavy atom. The van der Waals surface area contributed by atoms with Gasteiger partial charge < -0.3 is 14.2 Å². The van der Waals surface area contributed by atoms with Crippen molar-refractivity contribution in [2.45, 2.75) is 18.9 Å². The van der Waals surface area contributed by atoms with Crippen molar-refractivity contribution in [2.75, 3.05) is 13.1 Å². The van der Waals surface area contributed by atoms with Gasteiger partial charge in [-0.15, -0.1) is 0 Å². The lowest BCUT2D eigenvalue weighted by atomic mass is 10.1. The van der Waals surface area contributed by atoms with Crippen LogP contribution in [0.25, 0.3) is 0 Å².